The Bertz CT molecular complexity index is 635. The van der Waals surface area contributed by atoms with Crippen molar-refractivity contribution >= 4 is 22.6 Å². The molecule has 1 fully saturated rings. The van der Waals surface area contributed by atoms with E-state index in [-0.39, 0.29) is 18.6 Å². The van der Waals surface area contributed by atoms with Crippen molar-refractivity contribution in [1.29, 1.82) is 0 Å². The van der Waals surface area contributed by atoms with Gasteiger partial charge in [0, 0.05) is 24.7 Å². The predicted molar refractivity (Wildman–Crippen MR) is 71.2 cm³/mol. The minimum absolute atomic E-state index is 0.0872. The van der Waals surface area contributed by atoms with Gasteiger partial charge in [-0.3, -0.25) is 4.79 Å². The summed E-state index contributed by atoms with van der Waals surface area (Å²) in [6.45, 7) is 0.497. The van der Waals surface area contributed by atoms with Crippen LogP contribution in [0, 0.1) is 0 Å². The van der Waals surface area contributed by atoms with Crippen LogP contribution in [0.15, 0.2) is 18.2 Å². The number of aliphatic hydroxyl groups excluding tert-OH is 1. The first kappa shape index (κ1) is 12.0. The van der Waals surface area contributed by atoms with Crippen molar-refractivity contribution in [2.24, 2.45) is 0 Å². The van der Waals surface area contributed by atoms with E-state index in [2.05, 4.69) is 10.3 Å². The second-order valence-corrected chi connectivity index (χ2v) is 4.85. The van der Waals surface area contributed by atoms with Crippen molar-refractivity contribution in [3.8, 4) is 0 Å². The second-order valence-electron chi connectivity index (χ2n) is 4.85. The number of anilines is 1. The molecular formula is C13H16N4O2. The summed E-state index contributed by atoms with van der Waals surface area (Å²) in [6.07, 6.45) is 1.39. The van der Waals surface area contributed by atoms with Gasteiger partial charge in [0.1, 0.15) is 12.4 Å². The van der Waals surface area contributed by atoms with Crippen LogP contribution < -0.4 is 11.1 Å². The van der Waals surface area contributed by atoms with Gasteiger partial charge in [-0.15, -0.1) is 0 Å². The van der Waals surface area contributed by atoms with E-state index in [1.165, 1.54) is 0 Å². The first-order valence-electron chi connectivity index (χ1n) is 6.32. The van der Waals surface area contributed by atoms with Gasteiger partial charge in [0.25, 0.3) is 0 Å². The van der Waals surface area contributed by atoms with Crippen molar-refractivity contribution in [3.63, 3.8) is 0 Å². The number of amides is 1. The highest BCUT2D eigenvalue weighted by atomic mass is 16.3. The number of nitrogens with two attached hydrogens (primary N) is 1. The molecule has 0 bridgehead atoms. The van der Waals surface area contributed by atoms with Crippen molar-refractivity contribution in [2.45, 2.75) is 32.0 Å². The number of nitrogens with zero attached hydrogens (tertiary/aromatic N) is 2. The standard InChI is InChI=1S/C13H16N4O2/c14-8-1-3-11-10(5-8)16-12(7-18)17(11)6-9-2-4-13(19)15-9/h1,3,5,9,18H,2,4,6-7,14H2,(H,15,19). The maximum Gasteiger partial charge on any atom is 0.220 e. The normalized spacial score (nSPS) is 19.0. The Labute approximate surface area is 110 Å². The molecule has 19 heavy (non-hydrogen) atoms. The van der Waals surface area contributed by atoms with Gasteiger partial charge in [0.2, 0.25) is 5.91 Å². The molecule has 1 aliphatic rings. The van der Waals surface area contributed by atoms with Crippen LogP contribution in [0.1, 0.15) is 18.7 Å². The van der Waals surface area contributed by atoms with Crippen LogP contribution in [0.4, 0.5) is 5.69 Å². The molecule has 100 valence electrons. The summed E-state index contributed by atoms with van der Waals surface area (Å²) in [5.74, 6) is 0.686. The lowest BCUT2D eigenvalue weighted by atomic mass is 10.2. The number of hydrogen-bond acceptors (Lipinski definition) is 4. The molecule has 6 heteroatoms. The topological polar surface area (TPSA) is 93.2 Å². The quantitative estimate of drug-likeness (QED) is 0.696. The first-order valence-corrected chi connectivity index (χ1v) is 6.32. The minimum atomic E-state index is -0.130. The zero-order valence-electron chi connectivity index (χ0n) is 10.5. The predicted octanol–water partition coefficient (Wildman–Crippen LogP) is 0.389. The van der Waals surface area contributed by atoms with E-state index in [0.29, 0.717) is 24.5 Å². The molecule has 0 spiro atoms. The van der Waals surface area contributed by atoms with Gasteiger partial charge in [-0.25, -0.2) is 4.98 Å². The third-order valence-corrected chi connectivity index (χ3v) is 3.48. The van der Waals surface area contributed by atoms with Crippen molar-refractivity contribution in [1.82, 2.24) is 14.9 Å². The van der Waals surface area contributed by atoms with Crippen LogP contribution in [-0.4, -0.2) is 26.6 Å². The number of benzene rings is 1. The Morgan fingerprint density at radius 3 is 3.05 bits per heavy atom. The summed E-state index contributed by atoms with van der Waals surface area (Å²) in [7, 11) is 0. The molecule has 6 nitrogen and oxygen atoms in total. The van der Waals surface area contributed by atoms with Crippen molar-refractivity contribution in [2.75, 3.05) is 5.73 Å². The second kappa shape index (κ2) is 4.55. The molecule has 1 aliphatic heterocycles. The molecule has 0 saturated carbocycles. The fourth-order valence-electron chi connectivity index (χ4n) is 2.56. The number of hydrogen-bond donors (Lipinski definition) is 3. The number of aromatic nitrogens is 2. The monoisotopic (exact) mass is 260 g/mol. The highest BCUT2D eigenvalue weighted by Crippen LogP contribution is 2.21. The third-order valence-electron chi connectivity index (χ3n) is 3.48. The number of fused-ring (bicyclic) bond motifs is 1. The highest BCUT2D eigenvalue weighted by molar-refractivity contribution is 5.80. The lowest BCUT2D eigenvalue weighted by molar-refractivity contribution is -0.119. The van der Waals surface area contributed by atoms with E-state index < -0.39 is 0 Å². The Morgan fingerprint density at radius 1 is 1.53 bits per heavy atom. The summed E-state index contributed by atoms with van der Waals surface area (Å²) in [6, 6.07) is 5.61. The fourth-order valence-corrected chi connectivity index (χ4v) is 2.56. The van der Waals surface area contributed by atoms with Gasteiger partial charge in [0.05, 0.1) is 11.0 Å². The molecule has 1 saturated heterocycles. The maximum absolute atomic E-state index is 11.2. The average Bonchev–Trinajstić information content (AvgIpc) is 2.94. The highest BCUT2D eigenvalue weighted by Gasteiger charge is 2.22. The van der Waals surface area contributed by atoms with Crippen molar-refractivity contribution in [3.05, 3.63) is 24.0 Å². The Kier molecular flexibility index (Phi) is 2.87. The molecular weight excluding hydrogens is 244 g/mol. The van der Waals surface area contributed by atoms with Crippen LogP contribution in [-0.2, 0) is 17.9 Å². The Morgan fingerprint density at radius 2 is 2.37 bits per heavy atom. The fraction of sp³-hybridized carbons (Fsp3) is 0.385. The summed E-state index contributed by atoms with van der Waals surface area (Å²) < 4.78 is 1.95. The Balaban J connectivity index is 1.98. The molecule has 4 N–H and O–H groups in total. The van der Waals surface area contributed by atoms with Crippen LogP contribution in [0.2, 0.25) is 0 Å². The molecule has 1 unspecified atom stereocenters. The molecule has 1 atom stereocenters. The van der Waals surface area contributed by atoms with E-state index in [1.807, 2.05) is 16.7 Å². The summed E-state index contributed by atoms with van der Waals surface area (Å²) in [4.78, 5) is 15.6. The van der Waals surface area contributed by atoms with E-state index in [0.717, 1.165) is 17.5 Å². The van der Waals surface area contributed by atoms with E-state index in [4.69, 9.17) is 5.73 Å². The zero-order chi connectivity index (χ0) is 13.4. The number of imidazole rings is 1. The number of aliphatic hydroxyl groups is 1. The number of carbonyl (C=O) groups excluding carboxylic acids is 1. The van der Waals surface area contributed by atoms with Crippen molar-refractivity contribution < 1.29 is 9.90 Å². The maximum atomic E-state index is 11.2. The largest absolute Gasteiger partial charge is 0.399 e. The van der Waals surface area contributed by atoms with Crippen LogP contribution in [0.5, 0.6) is 0 Å². The van der Waals surface area contributed by atoms with E-state index in [9.17, 15) is 9.90 Å². The van der Waals surface area contributed by atoms with Gasteiger partial charge in [-0.2, -0.15) is 0 Å². The molecule has 2 aromatic rings. The Hall–Kier alpha value is -2.08. The van der Waals surface area contributed by atoms with Crippen LogP contribution in [0.25, 0.3) is 11.0 Å². The molecule has 2 heterocycles. The van der Waals surface area contributed by atoms with E-state index >= 15 is 0 Å². The number of carbonyl (C=O) groups is 1. The average molecular weight is 260 g/mol. The smallest absolute Gasteiger partial charge is 0.220 e. The summed E-state index contributed by atoms with van der Waals surface area (Å²) >= 11 is 0. The van der Waals surface area contributed by atoms with Gasteiger partial charge in [0.15, 0.2) is 0 Å². The molecule has 1 amide bonds. The zero-order valence-corrected chi connectivity index (χ0v) is 10.5. The van der Waals surface area contributed by atoms with Gasteiger partial charge < -0.3 is 20.7 Å². The van der Waals surface area contributed by atoms with E-state index in [1.54, 1.807) is 6.07 Å². The number of rotatable bonds is 3. The molecule has 1 aromatic heterocycles. The molecule has 3 rings (SSSR count). The SMILES string of the molecule is Nc1ccc2c(c1)nc(CO)n2CC1CCC(=O)N1. The van der Waals surface area contributed by atoms with Crippen LogP contribution in [0.3, 0.4) is 0 Å². The lowest BCUT2D eigenvalue weighted by Gasteiger charge is -2.13. The third kappa shape index (κ3) is 2.15. The molecule has 0 radical (unpaired) electrons. The van der Waals surface area contributed by atoms with Gasteiger partial charge in [-0.05, 0) is 24.6 Å². The summed E-state index contributed by atoms with van der Waals surface area (Å²) in [5.41, 5.74) is 8.09. The summed E-state index contributed by atoms with van der Waals surface area (Å²) in [5, 5.41) is 12.3. The van der Waals surface area contributed by atoms with Gasteiger partial charge >= 0.3 is 0 Å². The molecule has 0 aliphatic carbocycles. The first-order chi connectivity index (χ1) is 9.17. The number of nitrogens with one attached hydrogen (secondary N) is 1. The van der Waals surface area contributed by atoms with Gasteiger partial charge in [-0.1, -0.05) is 0 Å². The minimum Gasteiger partial charge on any atom is -0.399 e. The number of nitrogen functional groups attached to an aromatic ring is 1. The molecule has 1 aromatic carbocycles. The lowest BCUT2D eigenvalue weighted by Crippen LogP contribution is -2.30. The van der Waals surface area contributed by atoms with Crippen LogP contribution >= 0.6 is 0 Å².